The Labute approximate surface area is 63.0 Å². The molecule has 1 rings (SSSR count). The number of rotatable bonds is 1. The Morgan fingerprint density at radius 3 is 2.91 bits per heavy atom. The molecule has 0 aliphatic rings. The normalized spacial score (nSPS) is 8.64. The van der Waals surface area contributed by atoms with E-state index in [4.69, 9.17) is 6.42 Å². The van der Waals surface area contributed by atoms with Crippen molar-refractivity contribution in [1.29, 1.82) is 0 Å². The number of aromatic nitrogens is 1. The van der Waals surface area contributed by atoms with Crippen LogP contribution in [-0.2, 0) is 0 Å². The van der Waals surface area contributed by atoms with Crippen LogP contribution in [0.3, 0.4) is 0 Å². The summed E-state index contributed by atoms with van der Waals surface area (Å²) in [6.07, 6.45) is 6.39. The van der Waals surface area contributed by atoms with Gasteiger partial charge in [-0.05, 0) is 12.0 Å². The SMILES string of the molecule is C#Cc1ncccc1[N+](=O)[O-]. The van der Waals surface area contributed by atoms with E-state index in [1.807, 2.05) is 0 Å². The molecule has 0 aliphatic carbocycles. The van der Waals surface area contributed by atoms with E-state index < -0.39 is 4.92 Å². The molecule has 0 radical (unpaired) electrons. The molecule has 1 aromatic rings. The lowest BCUT2D eigenvalue weighted by Gasteiger charge is -1.91. The molecule has 1 aromatic heterocycles. The average Bonchev–Trinajstić information content (AvgIpc) is 2.04. The van der Waals surface area contributed by atoms with Gasteiger partial charge in [0.25, 0.3) is 0 Å². The second-order valence-electron chi connectivity index (χ2n) is 1.77. The fraction of sp³-hybridized carbons (Fsp3) is 0. The predicted molar refractivity (Wildman–Crippen MR) is 38.8 cm³/mol. The largest absolute Gasteiger partial charge is 0.303 e. The maximum absolute atomic E-state index is 10.3. The highest BCUT2D eigenvalue weighted by atomic mass is 16.6. The van der Waals surface area contributed by atoms with Crippen molar-refractivity contribution in [2.45, 2.75) is 0 Å². The highest BCUT2D eigenvalue weighted by molar-refractivity contribution is 5.44. The topological polar surface area (TPSA) is 56.0 Å². The van der Waals surface area contributed by atoms with E-state index in [2.05, 4.69) is 10.9 Å². The highest BCUT2D eigenvalue weighted by Gasteiger charge is 2.10. The first kappa shape index (κ1) is 7.22. The number of terminal acetylenes is 1. The quantitative estimate of drug-likeness (QED) is 0.338. The minimum absolute atomic E-state index is 0.0671. The Hall–Kier alpha value is -1.89. The van der Waals surface area contributed by atoms with Gasteiger partial charge in [0, 0.05) is 12.3 Å². The van der Waals surface area contributed by atoms with Crippen LogP contribution in [0.5, 0.6) is 0 Å². The van der Waals surface area contributed by atoms with Gasteiger partial charge >= 0.3 is 5.69 Å². The summed E-state index contributed by atoms with van der Waals surface area (Å²) in [6.45, 7) is 0. The van der Waals surface area contributed by atoms with Gasteiger partial charge in [-0.15, -0.1) is 6.42 Å². The van der Waals surface area contributed by atoms with Crippen molar-refractivity contribution in [1.82, 2.24) is 4.98 Å². The second-order valence-corrected chi connectivity index (χ2v) is 1.77. The monoisotopic (exact) mass is 148 g/mol. The summed E-state index contributed by atoms with van der Waals surface area (Å²) in [5, 5.41) is 10.3. The zero-order chi connectivity index (χ0) is 8.27. The van der Waals surface area contributed by atoms with E-state index in [1.54, 1.807) is 0 Å². The summed E-state index contributed by atoms with van der Waals surface area (Å²) in [5.74, 6) is 2.12. The first-order valence-corrected chi connectivity index (χ1v) is 2.81. The Morgan fingerprint density at radius 1 is 1.73 bits per heavy atom. The Bertz CT molecular complexity index is 327. The van der Waals surface area contributed by atoms with Crippen LogP contribution in [0.25, 0.3) is 0 Å². The molecule has 0 atom stereocenters. The predicted octanol–water partition coefficient (Wildman–Crippen LogP) is 0.971. The van der Waals surface area contributed by atoms with E-state index >= 15 is 0 Å². The van der Waals surface area contributed by atoms with E-state index in [0.29, 0.717) is 0 Å². The first-order valence-electron chi connectivity index (χ1n) is 2.81. The molecule has 0 saturated carbocycles. The molecule has 0 aliphatic heterocycles. The van der Waals surface area contributed by atoms with Crippen molar-refractivity contribution >= 4 is 5.69 Å². The third-order valence-corrected chi connectivity index (χ3v) is 1.12. The first-order chi connectivity index (χ1) is 5.25. The van der Waals surface area contributed by atoms with Crippen LogP contribution in [0.15, 0.2) is 18.3 Å². The number of pyridine rings is 1. The van der Waals surface area contributed by atoms with Crippen molar-refractivity contribution in [2.75, 3.05) is 0 Å². The number of hydrogen-bond acceptors (Lipinski definition) is 3. The lowest BCUT2D eigenvalue weighted by Crippen LogP contribution is -1.93. The Kier molecular flexibility index (Phi) is 1.83. The average molecular weight is 148 g/mol. The van der Waals surface area contributed by atoms with E-state index in [0.717, 1.165) is 0 Å². The molecule has 0 amide bonds. The lowest BCUT2D eigenvalue weighted by molar-refractivity contribution is -0.385. The third kappa shape index (κ3) is 1.33. The van der Waals surface area contributed by atoms with Gasteiger partial charge in [0.15, 0.2) is 5.69 Å². The van der Waals surface area contributed by atoms with Crippen LogP contribution in [0, 0.1) is 22.5 Å². The van der Waals surface area contributed by atoms with Gasteiger partial charge < -0.3 is 0 Å². The number of hydrogen-bond donors (Lipinski definition) is 0. The van der Waals surface area contributed by atoms with Gasteiger partial charge in [-0.25, -0.2) is 4.98 Å². The molecule has 0 unspecified atom stereocenters. The fourth-order valence-corrected chi connectivity index (χ4v) is 0.655. The molecule has 4 heteroatoms. The smallest absolute Gasteiger partial charge is 0.258 e. The molecule has 1 heterocycles. The standard InChI is InChI=1S/C7H4N2O2/c1-2-6-7(9(10)11)4-3-5-8-6/h1,3-5H. The Balaban J connectivity index is 3.26. The molecular weight excluding hydrogens is 144 g/mol. The van der Waals surface area contributed by atoms with Crippen LogP contribution in [0.1, 0.15) is 5.69 Å². The van der Waals surface area contributed by atoms with Crippen LogP contribution in [0.2, 0.25) is 0 Å². The molecular formula is C7H4N2O2. The molecule has 4 nitrogen and oxygen atoms in total. The highest BCUT2D eigenvalue weighted by Crippen LogP contribution is 2.12. The van der Waals surface area contributed by atoms with E-state index in [1.165, 1.54) is 18.3 Å². The van der Waals surface area contributed by atoms with Gasteiger partial charge in [-0.1, -0.05) is 0 Å². The molecule has 0 N–H and O–H groups in total. The van der Waals surface area contributed by atoms with Crippen LogP contribution in [0.4, 0.5) is 5.69 Å². The minimum atomic E-state index is -0.553. The van der Waals surface area contributed by atoms with E-state index in [-0.39, 0.29) is 11.4 Å². The molecule has 0 spiro atoms. The summed E-state index contributed by atoms with van der Waals surface area (Å²) in [6, 6.07) is 2.79. The van der Waals surface area contributed by atoms with Crippen molar-refractivity contribution in [3.8, 4) is 12.3 Å². The fourth-order valence-electron chi connectivity index (χ4n) is 0.655. The van der Waals surface area contributed by atoms with Gasteiger partial charge in [0.1, 0.15) is 0 Å². The van der Waals surface area contributed by atoms with Gasteiger partial charge in [-0.2, -0.15) is 0 Å². The zero-order valence-corrected chi connectivity index (χ0v) is 5.52. The lowest BCUT2D eigenvalue weighted by atomic mass is 10.3. The summed E-state index contributed by atoms with van der Waals surface area (Å²) in [5.41, 5.74) is -0.0625. The van der Waals surface area contributed by atoms with Crippen molar-refractivity contribution in [3.63, 3.8) is 0 Å². The zero-order valence-electron chi connectivity index (χ0n) is 5.52. The molecule has 11 heavy (non-hydrogen) atoms. The Morgan fingerprint density at radius 2 is 2.45 bits per heavy atom. The summed E-state index contributed by atoms with van der Waals surface area (Å²) >= 11 is 0. The molecule has 0 aromatic carbocycles. The van der Waals surface area contributed by atoms with Gasteiger partial charge in [0.2, 0.25) is 0 Å². The van der Waals surface area contributed by atoms with E-state index in [9.17, 15) is 10.1 Å². The van der Waals surface area contributed by atoms with Crippen LogP contribution < -0.4 is 0 Å². The maximum atomic E-state index is 10.3. The summed E-state index contributed by atoms with van der Waals surface area (Å²) in [4.78, 5) is 13.3. The van der Waals surface area contributed by atoms with Gasteiger partial charge in [0.05, 0.1) is 4.92 Å². The van der Waals surface area contributed by atoms with Crippen LogP contribution in [-0.4, -0.2) is 9.91 Å². The van der Waals surface area contributed by atoms with Crippen LogP contribution >= 0.6 is 0 Å². The van der Waals surface area contributed by atoms with Crippen molar-refractivity contribution in [3.05, 3.63) is 34.1 Å². The minimum Gasteiger partial charge on any atom is -0.258 e. The van der Waals surface area contributed by atoms with Crippen molar-refractivity contribution in [2.24, 2.45) is 0 Å². The summed E-state index contributed by atoms with van der Waals surface area (Å²) in [7, 11) is 0. The maximum Gasteiger partial charge on any atom is 0.303 e. The number of nitrogens with zero attached hydrogens (tertiary/aromatic N) is 2. The second kappa shape index (κ2) is 2.80. The molecule has 0 saturated heterocycles. The number of nitro groups is 1. The summed E-state index contributed by atoms with van der Waals surface area (Å²) < 4.78 is 0. The third-order valence-electron chi connectivity index (χ3n) is 1.12. The molecule has 54 valence electrons. The van der Waals surface area contributed by atoms with Gasteiger partial charge in [-0.3, -0.25) is 10.1 Å². The van der Waals surface area contributed by atoms with Crippen molar-refractivity contribution < 1.29 is 4.92 Å². The molecule has 0 fully saturated rings. The molecule has 0 bridgehead atoms.